The molecule has 1 aromatic carbocycles. The zero-order valence-corrected chi connectivity index (χ0v) is 19.6. The molecule has 1 saturated carbocycles. The molecule has 1 fully saturated rings. The summed E-state index contributed by atoms with van der Waals surface area (Å²) in [5, 5.41) is 4.59. The number of amides is 1. The highest BCUT2D eigenvalue weighted by Gasteiger charge is 2.29. The van der Waals surface area contributed by atoms with E-state index in [4.69, 9.17) is 9.47 Å². The third kappa shape index (κ3) is 4.56. The van der Waals surface area contributed by atoms with E-state index in [0.717, 1.165) is 42.6 Å². The summed E-state index contributed by atoms with van der Waals surface area (Å²) in [6.45, 7) is 8.41. The molecule has 0 radical (unpaired) electrons. The lowest BCUT2D eigenvalue weighted by molar-refractivity contribution is 0.0657. The van der Waals surface area contributed by atoms with Gasteiger partial charge in [-0.1, -0.05) is 18.9 Å². The van der Waals surface area contributed by atoms with Gasteiger partial charge in [-0.3, -0.25) is 4.79 Å². The van der Waals surface area contributed by atoms with Gasteiger partial charge in [-0.2, -0.15) is 5.10 Å². The monoisotopic (exact) mass is 436 g/mol. The number of hydrogen-bond acceptors (Lipinski definition) is 5. The largest absolute Gasteiger partial charge is 0.493 e. The molecular weight excluding hydrogens is 404 g/mol. The van der Waals surface area contributed by atoms with Crippen LogP contribution < -0.4 is 9.47 Å². The van der Waals surface area contributed by atoms with Crippen molar-refractivity contribution < 1.29 is 14.3 Å². The first kappa shape index (κ1) is 22.1. The third-order valence-corrected chi connectivity index (χ3v) is 5.92. The van der Waals surface area contributed by atoms with Crippen molar-refractivity contribution in [3.63, 3.8) is 0 Å². The second kappa shape index (κ2) is 9.18. The average Bonchev–Trinajstić information content (AvgIpc) is 3.41. The van der Waals surface area contributed by atoms with Gasteiger partial charge in [0.05, 0.1) is 13.2 Å². The average molecular weight is 437 g/mol. The van der Waals surface area contributed by atoms with E-state index in [1.165, 1.54) is 0 Å². The highest BCUT2D eigenvalue weighted by atomic mass is 16.5. The maximum Gasteiger partial charge on any atom is 0.275 e. The maximum atomic E-state index is 13.7. The Bertz CT molecular complexity index is 1120. The van der Waals surface area contributed by atoms with Crippen LogP contribution in [0.3, 0.4) is 0 Å². The first-order chi connectivity index (χ1) is 15.4. The van der Waals surface area contributed by atoms with Gasteiger partial charge >= 0.3 is 0 Å². The number of carbonyl (C=O) groups is 1. The number of methoxy groups -OCH3 is 1. The van der Waals surface area contributed by atoms with Crippen molar-refractivity contribution in [1.29, 1.82) is 0 Å². The molecule has 1 aliphatic rings. The molecule has 170 valence electrons. The summed E-state index contributed by atoms with van der Waals surface area (Å²) >= 11 is 0. The SMILES string of the molecule is COc1ccc(CN(C(=O)c2cc3nc(C)cc(C)n3n2)C2CCCC2)cc1OC(C)C. The summed E-state index contributed by atoms with van der Waals surface area (Å²) in [5.41, 5.74) is 4.03. The molecule has 7 heteroatoms. The molecule has 0 unspecified atom stereocenters. The van der Waals surface area contributed by atoms with Gasteiger partial charge in [0.25, 0.3) is 5.91 Å². The summed E-state index contributed by atoms with van der Waals surface area (Å²) < 4.78 is 13.1. The van der Waals surface area contributed by atoms with Gasteiger partial charge in [0.15, 0.2) is 22.8 Å². The van der Waals surface area contributed by atoms with Crippen molar-refractivity contribution in [2.75, 3.05) is 7.11 Å². The molecule has 32 heavy (non-hydrogen) atoms. The van der Waals surface area contributed by atoms with Gasteiger partial charge in [0.1, 0.15) is 0 Å². The van der Waals surface area contributed by atoms with Gasteiger partial charge in [0, 0.05) is 30.0 Å². The lowest BCUT2D eigenvalue weighted by Crippen LogP contribution is -2.38. The van der Waals surface area contributed by atoms with Gasteiger partial charge in [0.2, 0.25) is 0 Å². The van der Waals surface area contributed by atoms with Crippen LogP contribution in [0.2, 0.25) is 0 Å². The molecule has 2 aromatic heterocycles. The van der Waals surface area contributed by atoms with Crippen LogP contribution >= 0.6 is 0 Å². The van der Waals surface area contributed by atoms with Crippen molar-refractivity contribution in [2.45, 2.75) is 72.1 Å². The normalized spacial score (nSPS) is 14.3. The molecule has 0 atom stereocenters. The predicted molar refractivity (Wildman–Crippen MR) is 123 cm³/mol. The lowest BCUT2D eigenvalue weighted by atomic mass is 10.1. The molecule has 0 aliphatic heterocycles. The van der Waals surface area contributed by atoms with E-state index in [1.807, 2.05) is 56.9 Å². The van der Waals surface area contributed by atoms with Crippen LogP contribution in [0.15, 0.2) is 30.3 Å². The zero-order valence-electron chi connectivity index (χ0n) is 19.6. The molecule has 0 spiro atoms. The molecule has 1 amide bonds. The fraction of sp³-hybridized carbons (Fsp3) is 0.480. The van der Waals surface area contributed by atoms with Gasteiger partial charge in [-0.15, -0.1) is 0 Å². The Morgan fingerprint density at radius 3 is 2.59 bits per heavy atom. The van der Waals surface area contributed by atoms with Crippen molar-refractivity contribution in [3.8, 4) is 11.5 Å². The number of nitrogens with zero attached hydrogens (tertiary/aromatic N) is 4. The fourth-order valence-corrected chi connectivity index (χ4v) is 4.48. The van der Waals surface area contributed by atoms with E-state index in [9.17, 15) is 4.79 Å². The Kier molecular flexibility index (Phi) is 6.35. The number of aryl methyl sites for hydroxylation is 2. The predicted octanol–water partition coefficient (Wildman–Crippen LogP) is 4.73. The van der Waals surface area contributed by atoms with Crippen LogP contribution in [-0.4, -0.2) is 44.7 Å². The van der Waals surface area contributed by atoms with Gasteiger partial charge in [-0.25, -0.2) is 9.50 Å². The topological polar surface area (TPSA) is 69.0 Å². The molecule has 0 bridgehead atoms. The Morgan fingerprint density at radius 2 is 1.91 bits per heavy atom. The lowest BCUT2D eigenvalue weighted by Gasteiger charge is -2.29. The highest BCUT2D eigenvalue weighted by Crippen LogP contribution is 2.32. The zero-order chi connectivity index (χ0) is 22.8. The molecule has 3 aromatic rings. The standard InChI is InChI=1S/C25H32N4O3/c1-16(2)32-23-13-19(10-11-22(23)31-5)15-28(20-8-6-7-9-20)25(30)21-14-24-26-17(3)12-18(4)29(24)27-21/h10-14,16,20H,6-9,15H2,1-5H3. The van der Waals surface area contributed by atoms with Crippen LogP contribution in [0.25, 0.3) is 5.65 Å². The molecular formula is C25H32N4O3. The molecule has 2 heterocycles. The van der Waals surface area contributed by atoms with Crippen molar-refractivity contribution in [3.05, 3.63) is 53.0 Å². The number of ether oxygens (including phenoxy) is 2. The summed E-state index contributed by atoms with van der Waals surface area (Å²) in [4.78, 5) is 20.2. The molecule has 1 aliphatic carbocycles. The summed E-state index contributed by atoms with van der Waals surface area (Å²) in [7, 11) is 1.64. The smallest absolute Gasteiger partial charge is 0.275 e. The van der Waals surface area contributed by atoms with E-state index in [2.05, 4.69) is 10.1 Å². The number of benzene rings is 1. The second-order valence-electron chi connectivity index (χ2n) is 8.86. The van der Waals surface area contributed by atoms with Gasteiger partial charge < -0.3 is 14.4 Å². The first-order valence-electron chi connectivity index (χ1n) is 11.3. The molecule has 0 N–H and O–H groups in total. The Labute approximate surface area is 189 Å². The van der Waals surface area contributed by atoms with Crippen LogP contribution in [0.5, 0.6) is 11.5 Å². The quantitative estimate of drug-likeness (QED) is 0.536. The first-order valence-corrected chi connectivity index (χ1v) is 11.3. The van der Waals surface area contributed by atoms with Crippen LogP contribution in [0, 0.1) is 13.8 Å². The van der Waals surface area contributed by atoms with Crippen molar-refractivity contribution in [2.24, 2.45) is 0 Å². The van der Waals surface area contributed by atoms with E-state index in [-0.39, 0.29) is 18.1 Å². The number of carbonyl (C=O) groups excluding carboxylic acids is 1. The molecule has 0 saturated heterocycles. The minimum absolute atomic E-state index is 0.0314. The van der Waals surface area contributed by atoms with Crippen LogP contribution in [0.1, 0.15) is 67.0 Å². The summed E-state index contributed by atoms with van der Waals surface area (Å²) in [6.07, 6.45) is 4.35. The minimum atomic E-state index is -0.0541. The molecule has 4 rings (SSSR count). The van der Waals surface area contributed by atoms with Gasteiger partial charge in [-0.05, 0) is 64.3 Å². The van der Waals surface area contributed by atoms with Crippen LogP contribution in [-0.2, 0) is 6.54 Å². The number of aromatic nitrogens is 3. The molecule has 7 nitrogen and oxygen atoms in total. The Morgan fingerprint density at radius 1 is 1.16 bits per heavy atom. The van der Waals surface area contributed by atoms with E-state index in [0.29, 0.717) is 29.4 Å². The van der Waals surface area contributed by atoms with E-state index in [1.54, 1.807) is 17.7 Å². The number of hydrogen-bond donors (Lipinski definition) is 0. The number of rotatable bonds is 7. The van der Waals surface area contributed by atoms with Crippen molar-refractivity contribution in [1.82, 2.24) is 19.5 Å². The summed E-state index contributed by atoms with van der Waals surface area (Å²) in [5.74, 6) is 1.34. The number of fused-ring (bicyclic) bond motifs is 1. The minimum Gasteiger partial charge on any atom is -0.493 e. The Balaban J connectivity index is 1.66. The third-order valence-electron chi connectivity index (χ3n) is 5.92. The second-order valence-corrected chi connectivity index (χ2v) is 8.86. The summed E-state index contributed by atoms with van der Waals surface area (Å²) in [6, 6.07) is 9.86. The Hall–Kier alpha value is -3.09. The van der Waals surface area contributed by atoms with E-state index >= 15 is 0 Å². The highest BCUT2D eigenvalue weighted by molar-refractivity contribution is 5.93. The van der Waals surface area contributed by atoms with Crippen molar-refractivity contribution >= 4 is 11.6 Å². The fourth-order valence-electron chi connectivity index (χ4n) is 4.48. The van der Waals surface area contributed by atoms with E-state index < -0.39 is 0 Å². The maximum absolute atomic E-state index is 13.7. The van der Waals surface area contributed by atoms with Crippen LogP contribution in [0.4, 0.5) is 0 Å².